The number of aliphatic hydroxyl groups is 2. The van der Waals surface area contributed by atoms with Crippen LogP contribution >= 0.6 is 11.6 Å². The van der Waals surface area contributed by atoms with Gasteiger partial charge in [-0.15, -0.1) is 0 Å². The van der Waals surface area contributed by atoms with Crippen LogP contribution in [0, 0.1) is 0 Å². The molecule has 2 rings (SSSR count). The summed E-state index contributed by atoms with van der Waals surface area (Å²) >= 11 is 5.99. The van der Waals surface area contributed by atoms with Gasteiger partial charge in [0.15, 0.2) is 0 Å². The molecule has 0 aliphatic carbocycles. The molecule has 5 heteroatoms. The molecule has 0 bridgehead atoms. The third-order valence-corrected chi connectivity index (χ3v) is 3.04. The van der Waals surface area contributed by atoms with Gasteiger partial charge in [0, 0.05) is 34.2 Å². The van der Waals surface area contributed by atoms with Gasteiger partial charge in [-0.1, -0.05) is 17.7 Å². The van der Waals surface area contributed by atoms with Gasteiger partial charge in [-0.25, -0.2) is 0 Å². The summed E-state index contributed by atoms with van der Waals surface area (Å²) in [4.78, 5) is 0. The van der Waals surface area contributed by atoms with E-state index in [1.165, 1.54) is 0 Å². The molecule has 0 atom stereocenters. The summed E-state index contributed by atoms with van der Waals surface area (Å²) < 4.78 is 7.25. The van der Waals surface area contributed by atoms with Gasteiger partial charge in [0.05, 0.1) is 26.4 Å². The van der Waals surface area contributed by atoms with Crippen molar-refractivity contribution in [3.05, 3.63) is 35.0 Å². The number of aromatic nitrogens is 1. The van der Waals surface area contributed by atoms with Crippen molar-refractivity contribution in [2.75, 3.05) is 19.8 Å². The highest BCUT2D eigenvalue weighted by atomic mass is 35.5. The molecule has 1 heterocycles. The lowest BCUT2D eigenvalue weighted by Gasteiger charge is -2.06. The summed E-state index contributed by atoms with van der Waals surface area (Å²) in [7, 11) is 0. The Kier molecular flexibility index (Phi) is 4.60. The van der Waals surface area contributed by atoms with Crippen LogP contribution in [-0.4, -0.2) is 34.6 Å². The molecule has 18 heavy (non-hydrogen) atoms. The Balaban J connectivity index is 2.23. The summed E-state index contributed by atoms with van der Waals surface area (Å²) in [5.41, 5.74) is 1.86. The SMILES string of the molecule is OCCOCCn1cc(CO)c2ccc(Cl)cc21. The highest BCUT2D eigenvalue weighted by Gasteiger charge is 2.08. The van der Waals surface area contributed by atoms with E-state index < -0.39 is 0 Å². The Labute approximate surface area is 110 Å². The van der Waals surface area contributed by atoms with E-state index in [1.807, 2.05) is 29.0 Å². The molecule has 1 aromatic carbocycles. The molecule has 0 aliphatic heterocycles. The average molecular weight is 270 g/mol. The molecule has 0 fully saturated rings. The maximum Gasteiger partial charge on any atom is 0.0702 e. The van der Waals surface area contributed by atoms with Gasteiger partial charge in [-0.2, -0.15) is 0 Å². The fraction of sp³-hybridized carbons (Fsp3) is 0.385. The first kappa shape index (κ1) is 13.4. The molecule has 2 N–H and O–H groups in total. The Morgan fingerprint density at radius 2 is 2.06 bits per heavy atom. The highest BCUT2D eigenvalue weighted by molar-refractivity contribution is 6.31. The summed E-state index contributed by atoms with van der Waals surface area (Å²) in [6.07, 6.45) is 1.91. The van der Waals surface area contributed by atoms with Crippen molar-refractivity contribution in [1.82, 2.24) is 4.57 Å². The van der Waals surface area contributed by atoms with Crippen molar-refractivity contribution >= 4 is 22.5 Å². The van der Waals surface area contributed by atoms with Gasteiger partial charge in [-0.3, -0.25) is 0 Å². The van der Waals surface area contributed by atoms with Gasteiger partial charge in [0.1, 0.15) is 0 Å². The van der Waals surface area contributed by atoms with E-state index in [9.17, 15) is 5.11 Å². The number of fused-ring (bicyclic) bond motifs is 1. The first-order valence-corrected chi connectivity index (χ1v) is 6.21. The van der Waals surface area contributed by atoms with Crippen LogP contribution in [0.2, 0.25) is 5.02 Å². The normalized spacial score (nSPS) is 11.3. The maximum absolute atomic E-state index is 9.32. The van der Waals surface area contributed by atoms with Crippen LogP contribution in [0.1, 0.15) is 5.56 Å². The van der Waals surface area contributed by atoms with Crippen LogP contribution in [0.25, 0.3) is 10.9 Å². The zero-order valence-electron chi connectivity index (χ0n) is 9.97. The van der Waals surface area contributed by atoms with Crippen molar-refractivity contribution in [3.63, 3.8) is 0 Å². The Morgan fingerprint density at radius 1 is 1.22 bits per heavy atom. The second-order valence-electron chi connectivity index (χ2n) is 4.00. The minimum absolute atomic E-state index is 0.00261. The zero-order chi connectivity index (χ0) is 13.0. The van der Waals surface area contributed by atoms with Crippen LogP contribution in [0.3, 0.4) is 0 Å². The third kappa shape index (κ3) is 2.84. The van der Waals surface area contributed by atoms with Crippen molar-refractivity contribution in [3.8, 4) is 0 Å². The quantitative estimate of drug-likeness (QED) is 0.786. The third-order valence-electron chi connectivity index (χ3n) is 2.81. The van der Waals surface area contributed by atoms with Crippen molar-refractivity contribution in [1.29, 1.82) is 0 Å². The van der Waals surface area contributed by atoms with Gasteiger partial charge in [-0.05, 0) is 12.1 Å². The van der Waals surface area contributed by atoms with Crippen LogP contribution < -0.4 is 0 Å². The van der Waals surface area contributed by atoms with Crippen LogP contribution in [-0.2, 0) is 17.9 Å². The second-order valence-corrected chi connectivity index (χ2v) is 4.44. The molecule has 0 aliphatic rings. The van der Waals surface area contributed by atoms with E-state index in [4.69, 9.17) is 21.4 Å². The monoisotopic (exact) mass is 269 g/mol. The van der Waals surface area contributed by atoms with Crippen LogP contribution in [0.15, 0.2) is 24.4 Å². The molecule has 1 aromatic heterocycles. The van der Waals surface area contributed by atoms with Crippen molar-refractivity contribution in [2.45, 2.75) is 13.2 Å². The molecular formula is C13H16ClNO3. The largest absolute Gasteiger partial charge is 0.394 e. The number of nitrogens with zero attached hydrogens (tertiary/aromatic N) is 1. The summed E-state index contributed by atoms with van der Waals surface area (Å²) in [5.74, 6) is 0. The fourth-order valence-corrected chi connectivity index (χ4v) is 2.15. The highest BCUT2D eigenvalue weighted by Crippen LogP contribution is 2.24. The van der Waals surface area contributed by atoms with Gasteiger partial charge < -0.3 is 19.5 Å². The predicted octanol–water partition coefficient (Wildman–Crippen LogP) is 1.80. The van der Waals surface area contributed by atoms with Gasteiger partial charge >= 0.3 is 0 Å². The van der Waals surface area contributed by atoms with Gasteiger partial charge in [0.25, 0.3) is 0 Å². The lowest BCUT2D eigenvalue weighted by Crippen LogP contribution is -2.07. The Morgan fingerprint density at radius 3 is 2.78 bits per heavy atom. The van der Waals surface area contributed by atoms with E-state index in [2.05, 4.69) is 0 Å². The number of rotatable bonds is 6. The van der Waals surface area contributed by atoms with Crippen molar-refractivity contribution in [2.24, 2.45) is 0 Å². The summed E-state index contributed by atoms with van der Waals surface area (Å²) in [6.45, 7) is 1.55. The number of halogens is 1. The van der Waals surface area contributed by atoms with Crippen molar-refractivity contribution < 1.29 is 14.9 Å². The van der Waals surface area contributed by atoms with E-state index >= 15 is 0 Å². The number of ether oxygens (including phenoxy) is 1. The summed E-state index contributed by atoms with van der Waals surface area (Å²) in [5, 5.41) is 19.6. The minimum atomic E-state index is 0.00261. The molecule has 0 radical (unpaired) electrons. The molecule has 0 unspecified atom stereocenters. The van der Waals surface area contributed by atoms with E-state index in [1.54, 1.807) is 0 Å². The molecule has 0 saturated heterocycles. The number of benzene rings is 1. The minimum Gasteiger partial charge on any atom is -0.394 e. The molecule has 0 spiro atoms. The molecule has 0 saturated carbocycles. The topological polar surface area (TPSA) is 54.6 Å². The van der Waals surface area contributed by atoms with E-state index in [0.717, 1.165) is 16.5 Å². The van der Waals surface area contributed by atoms with Crippen LogP contribution in [0.5, 0.6) is 0 Å². The average Bonchev–Trinajstić information content (AvgIpc) is 2.72. The standard InChI is InChI=1S/C13H16ClNO3/c14-11-1-2-12-10(9-17)8-15(13(12)7-11)3-5-18-6-4-16/h1-2,7-8,16-17H,3-6,9H2. The number of aliphatic hydroxyl groups excluding tert-OH is 2. The molecule has 98 valence electrons. The molecule has 4 nitrogen and oxygen atoms in total. The first-order chi connectivity index (χ1) is 8.76. The zero-order valence-corrected chi connectivity index (χ0v) is 10.7. The second kappa shape index (κ2) is 6.20. The number of hydrogen-bond donors (Lipinski definition) is 2. The van der Waals surface area contributed by atoms with Gasteiger partial charge in [0.2, 0.25) is 0 Å². The van der Waals surface area contributed by atoms with E-state index in [0.29, 0.717) is 24.8 Å². The molecule has 0 amide bonds. The Hall–Kier alpha value is -1.07. The summed E-state index contributed by atoms with van der Waals surface area (Å²) in [6, 6.07) is 5.60. The molecule has 2 aromatic rings. The Bertz CT molecular complexity index is 524. The first-order valence-electron chi connectivity index (χ1n) is 5.83. The van der Waals surface area contributed by atoms with Crippen LogP contribution in [0.4, 0.5) is 0 Å². The molecular weight excluding hydrogens is 254 g/mol. The van der Waals surface area contributed by atoms with E-state index in [-0.39, 0.29) is 13.2 Å². The predicted molar refractivity (Wildman–Crippen MR) is 70.8 cm³/mol. The maximum atomic E-state index is 9.32. The lowest BCUT2D eigenvalue weighted by atomic mass is 10.2. The number of hydrogen-bond acceptors (Lipinski definition) is 3. The fourth-order valence-electron chi connectivity index (χ4n) is 1.98. The lowest BCUT2D eigenvalue weighted by molar-refractivity contribution is 0.0875. The smallest absolute Gasteiger partial charge is 0.0702 e.